The minimum Gasteiger partial charge on any atom is -0.332 e. The summed E-state index contributed by atoms with van der Waals surface area (Å²) in [5, 5.41) is 8.24. The highest BCUT2D eigenvalue weighted by Gasteiger charge is 2.19. The van der Waals surface area contributed by atoms with Gasteiger partial charge in [-0.1, -0.05) is 65.9 Å². The molecule has 0 aliphatic heterocycles. The van der Waals surface area contributed by atoms with Gasteiger partial charge in [0, 0.05) is 19.6 Å². The van der Waals surface area contributed by atoms with Gasteiger partial charge in [-0.25, -0.2) is 4.68 Å². The third-order valence-electron chi connectivity index (χ3n) is 4.27. The minimum atomic E-state index is -0.0972. The SMILES string of the molecule is CN(C)CCN(Cc1ccccc1)C(=O)c1cn(Cc2ccccc2)nn1. The fourth-order valence-electron chi connectivity index (χ4n) is 2.78. The predicted octanol–water partition coefficient (Wildman–Crippen LogP) is 2.53. The van der Waals surface area contributed by atoms with Crippen molar-refractivity contribution in [3.8, 4) is 0 Å². The van der Waals surface area contributed by atoms with E-state index in [4.69, 9.17) is 0 Å². The topological polar surface area (TPSA) is 54.3 Å². The molecule has 6 heteroatoms. The summed E-state index contributed by atoms with van der Waals surface area (Å²) >= 11 is 0. The van der Waals surface area contributed by atoms with Crippen LogP contribution in [0.5, 0.6) is 0 Å². The zero-order valence-electron chi connectivity index (χ0n) is 15.8. The summed E-state index contributed by atoms with van der Waals surface area (Å²) in [6.07, 6.45) is 1.73. The molecule has 2 aromatic carbocycles. The average Bonchev–Trinajstić information content (AvgIpc) is 3.14. The standard InChI is InChI=1S/C21H25N5O/c1-24(2)13-14-25(15-18-9-5-3-6-10-18)21(27)20-17-26(23-22-20)16-19-11-7-4-8-12-19/h3-12,17H,13-16H2,1-2H3. The number of rotatable bonds is 8. The molecule has 140 valence electrons. The maximum atomic E-state index is 13.0. The molecule has 0 saturated heterocycles. The Labute approximate surface area is 160 Å². The van der Waals surface area contributed by atoms with Gasteiger partial charge < -0.3 is 9.80 Å². The van der Waals surface area contributed by atoms with E-state index in [1.807, 2.05) is 79.7 Å². The molecule has 0 aliphatic rings. The van der Waals surface area contributed by atoms with E-state index in [0.29, 0.717) is 25.3 Å². The van der Waals surface area contributed by atoms with E-state index in [0.717, 1.165) is 17.7 Å². The van der Waals surface area contributed by atoms with Crippen molar-refractivity contribution in [1.82, 2.24) is 24.8 Å². The lowest BCUT2D eigenvalue weighted by atomic mass is 10.2. The molecule has 3 rings (SSSR count). The third-order valence-corrected chi connectivity index (χ3v) is 4.27. The quantitative estimate of drug-likeness (QED) is 0.617. The van der Waals surface area contributed by atoms with Crippen LogP contribution in [-0.2, 0) is 13.1 Å². The fraction of sp³-hybridized carbons (Fsp3) is 0.286. The van der Waals surface area contributed by atoms with Gasteiger partial charge >= 0.3 is 0 Å². The van der Waals surface area contributed by atoms with E-state index < -0.39 is 0 Å². The van der Waals surface area contributed by atoms with Crippen molar-refractivity contribution < 1.29 is 4.79 Å². The molecule has 1 heterocycles. The number of carbonyl (C=O) groups is 1. The molecular formula is C21H25N5O. The molecule has 1 amide bonds. The maximum absolute atomic E-state index is 13.0. The van der Waals surface area contributed by atoms with Gasteiger partial charge in [-0.2, -0.15) is 0 Å². The summed E-state index contributed by atoms with van der Waals surface area (Å²) in [6.45, 7) is 2.57. The average molecular weight is 363 g/mol. The molecule has 0 radical (unpaired) electrons. The first-order valence-electron chi connectivity index (χ1n) is 9.04. The predicted molar refractivity (Wildman–Crippen MR) is 105 cm³/mol. The van der Waals surface area contributed by atoms with Crippen LogP contribution in [-0.4, -0.2) is 57.9 Å². The van der Waals surface area contributed by atoms with Crippen LogP contribution in [0.2, 0.25) is 0 Å². The molecule has 0 atom stereocenters. The van der Waals surface area contributed by atoms with Crippen molar-refractivity contribution in [2.24, 2.45) is 0 Å². The number of amides is 1. The van der Waals surface area contributed by atoms with E-state index in [-0.39, 0.29) is 5.91 Å². The van der Waals surface area contributed by atoms with Crippen LogP contribution in [0.1, 0.15) is 21.6 Å². The number of hydrogen-bond acceptors (Lipinski definition) is 4. The molecule has 0 aliphatic carbocycles. The second-order valence-corrected chi connectivity index (χ2v) is 6.80. The highest BCUT2D eigenvalue weighted by Crippen LogP contribution is 2.09. The van der Waals surface area contributed by atoms with Crippen molar-refractivity contribution in [3.05, 3.63) is 83.7 Å². The van der Waals surface area contributed by atoms with Gasteiger partial charge in [-0.05, 0) is 25.2 Å². The Morgan fingerprint density at radius 2 is 1.56 bits per heavy atom. The zero-order chi connectivity index (χ0) is 19.1. The summed E-state index contributed by atoms with van der Waals surface area (Å²) in [5.41, 5.74) is 2.59. The molecule has 0 fully saturated rings. The van der Waals surface area contributed by atoms with Crippen LogP contribution >= 0.6 is 0 Å². The molecule has 0 unspecified atom stereocenters. The number of hydrogen-bond donors (Lipinski definition) is 0. The third kappa shape index (κ3) is 5.49. The Kier molecular flexibility index (Phi) is 6.33. The van der Waals surface area contributed by atoms with Crippen molar-refractivity contribution in [1.29, 1.82) is 0 Å². The van der Waals surface area contributed by atoms with E-state index in [2.05, 4.69) is 15.2 Å². The summed E-state index contributed by atoms with van der Waals surface area (Å²) < 4.78 is 1.70. The van der Waals surface area contributed by atoms with Crippen molar-refractivity contribution in [2.45, 2.75) is 13.1 Å². The molecule has 6 nitrogen and oxygen atoms in total. The Morgan fingerprint density at radius 1 is 0.926 bits per heavy atom. The zero-order valence-corrected chi connectivity index (χ0v) is 15.8. The highest BCUT2D eigenvalue weighted by atomic mass is 16.2. The normalized spacial score (nSPS) is 10.9. The summed E-state index contributed by atoms with van der Waals surface area (Å²) in [6, 6.07) is 20.0. The smallest absolute Gasteiger partial charge is 0.276 e. The van der Waals surface area contributed by atoms with Crippen LogP contribution in [0, 0.1) is 0 Å². The van der Waals surface area contributed by atoms with E-state index in [1.54, 1.807) is 10.9 Å². The highest BCUT2D eigenvalue weighted by molar-refractivity contribution is 5.91. The monoisotopic (exact) mass is 363 g/mol. The summed E-state index contributed by atoms with van der Waals surface area (Å²) in [5.74, 6) is -0.0972. The molecule has 0 bridgehead atoms. The Balaban J connectivity index is 1.72. The van der Waals surface area contributed by atoms with Gasteiger partial charge in [0.1, 0.15) is 0 Å². The van der Waals surface area contributed by atoms with Crippen molar-refractivity contribution >= 4 is 5.91 Å². The lowest BCUT2D eigenvalue weighted by molar-refractivity contribution is 0.0726. The van der Waals surface area contributed by atoms with Crippen LogP contribution in [0.4, 0.5) is 0 Å². The molecule has 27 heavy (non-hydrogen) atoms. The van der Waals surface area contributed by atoms with Gasteiger partial charge in [-0.3, -0.25) is 4.79 Å². The molecule has 0 spiro atoms. The molecule has 0 saturated carbocycles. The van der Waals surface area contributed by atoms with E-state index in [1.165, 1.54) is 0 Å². The van der Waals surface area contributed by atoms with Crippen LogP contribution in [0.3, 0.4) is 0 Å². The van der Waals surface area contributed by atoms with Crippen molar-refractivity contribution in [3.63, 3.8) is 0 Å². The van der Waals surface area contributed by atoms with E-state index in [9.17, 15) is 4.79 Å². The second kappa shape index (κ2) is 9.09. The number of benzene rings is 2. The fourth-order valence-corrected chi connectivity index (χ4v) is 2.78. The van der Waals surface area contributed by atoms with Gasteiger partial charge in [0.25, 0.3) is 5.91 Å². The van der Waals surface area contributed by atoms with Gasteiger partial charge in [-0.15, -0.1) is 5.10 Å². The van der Waals surface area contributed by atoms with Crippen molar-refractivity contribution in [2.75, 3.05) is 27.2 Å². The first-order valence-corrected chi connectivity index (χ1v) is 9.04. The first-order chi connectivity index (χ1) is 13.1. The number of aromatic nitrogens is 3. The largest absolute Gasteiger partial charge is 0.332 e. The van der Waals surface area contributed by atoms with Gasteiger partial charge in [0.2, 0.25) is 0 Å². The summed E-state index contributed by atoms with van der Waals surface area (Å²) in [4.78, 5) is 16.9. The number of likely N-dealkylation sites (N-methyl/N-ethyl adjacent to an activating group) is 1. The van der Waals surface area contributed by atoms with Gasteiger partial charge in [0.15, 0.2) is 5.69 Å². The lowest BCUT2D eigenvalue weighted by Gasteiger charge is -2.23. The molecule has 1 aromatic heterocycles. The van der Waals surface area contributed by atoms with Crippen LogP contribution < -0.4 is 0 Å². The Morgan fingerprint density at radius 3 is 2.19 bits per heavy atom. The number of carbonyl (C=O) groups excluding carboxylic acids is 1. The minimum absolute atomic E-state index is 0.0972. The molecule has 3 aromatic rings. The maximum Gasteiger partial charge on any atom is 0.276 e. The summed E-state index contributed by atoms with van der Waals surface area (Å²) in [7, 11) is 4.00. The van der Waals surface area contributed by atoms with E-state index >= 15 is 0 Å². The Bertz CT molecular complexity index is 845. The lowest BCUT2D eigenvalue weighted by Crippen LogP contribution is -2.36. The molecule has 0 N–H and O–H groups in total. The van der Waals surface area contributed by atoms with Crippen LogP contribution in [0.15, 0.2) is 66.9 Å². The molecular weight excluding hydrogens is 338 g/mol. The number of nitrogens with zero attached hydrogens (tertiary/aromatic N) is 5. The van der Waals surface area contributed by atoms with Gasteiger partial charge in [0.05, 0.1) is 12.7 Å². The first kappa shape index (κ1) is 18.8. The second-order valence-electron chi connectivity index (χ2n) is 6.80. The van der Waals surface area contributed by atoms with Crippen LogP contribution in [0.25, 0.3) is 0 Å². The Hall–Kier alpha value is -2.99.